The molecular weight excluding hydrogens is 202 g/mol. The van der Waals surface area contributed by atoms with Crippen molar-refractivity contribution in [3.05, 3.63) is 0 Å². The van der Waals surface area contributed by atoms with E-state index < -0.39 is 0 Å². The van der Waals surface area contributed by atoms with Crippen molar-refractivity contribution in [2.45, 2.75) is 39.2 Å². The number of nitriles is 1. The summed E-state index contributed by atoms with van der Waals surface area (Å²) in [4.78, 5) is 13.5. The Labute approximate surface area is 97.6 Å². The van der Waals surface area contributed by atoms with E-state index in [0.29, 0.717) is 6.42 Å². The van der Waals surface area contributed by atoms with E-state index in [1.165, 1.54) is 0 Å². The Hall–Kier alpha value is -1.08. The van der Waals surface area contributed by atoms with Gasteiger partial charge in [0.05, 0.1) is 12.1 Å². The predicted octanol–water partition coefficient (Wildman–Crippen LogP) is 1.14. The maximum Gasteiger partial charge on any atom is 0.239 e. The number of likely N-dealkylation sites (N-methyl/N-ethyl adjacent to an activating group) is 1. The maximum atomic E-state index is 11.8. The molecule has 90 valence electrons. The summed E-state index contributed by atoms with van der Waals surface area (Å²) in [7, 11) is 1.81. The van der Waals surface area contributed by atoms with Gasteiger partial charge in [0.2, 0.25) is 5.91 Å². The first-order chi connectivity index (χ1) is 7.54. The molecule has 0 radical (unpaired) electrons. The fourth-order valence-corrected chi connectivity index (χ4v) is 1.70. The molecule has 1 aliphatic carbocycles. The van der Waals surface area contributed by atoms with Crippen molar-refractivity contribution in [2.24, 2.45) is 5.41 Å². The minimum Gasteiger partial charge on any atom is -0.345 e. The lowest BCUT2D eigenvalue weighted by Gasteiger charge is -2.22. The van der Waals surface area contributed by atoms with E-state index in [4.69, 9.17) is 5.26 Å². The SMILES string of the molecule is CCN(C)C(=O)C(C)NCC1(CC#N)CC1. The second-order valence-electron chi connectivity index (χ2n) is 4.79. The standard InChI is InChI=1S/C12H21N3O/c1-4-15(3)11(16)10(2)14-9-12(5-6-12)7-8-13/h10,14H,4-7,9H2,1-3H3. The highest BCUT2D eigenvalue weighted by molar-refractivity contribution is 5.81. The van der Waals surface area contributed by atoms with Crippen LogP contribution in [0.4, 0.5) is 0 Å². The van der Waals surface area contributed by atoms with E-state index in [9.17, 15) is 4.79 Å². The van der Waals surface area contributed by atoms with Gasteiger partial charge in [-0.1, -0.05) is 0 Å². The molecule has 16 heavy (non-hydrogen) atoms. The van der Waals surface area contributed by atoms with E-state index in [2.05, 4.69) is 11.4 Å². The largest absolute Gasteiger partial charge is 0.345 e. The molecule has 0 saturated heterocycles. The Morgan fingerprint density at radius 3 is 2.69 bits per heavy atom. The van der Waals surface area contributed by atoms with Gasteiger partial charge in [-0.25, -0.2) is 0 Å². The summed E-state index contributed by atoms with van der Waals surface area (Å²) in [5.74, 6) is 0.121. The number of carbonyl (C=O) groups is 1. The van der Waals surface area contributed by atoms with Crippen LogP contribution in [0.5, 0.6) is 0 Å². The Balaban J connectivity index is 2.33. The topological polar surface area (TPSA) is 56.1 Å². The fraction of sp³-hybridized carbons (Fsp3) is 0.833. The molecule has 1 atom stereocenters. The Bertz CT molecular complexity index is 291. The predicted molar refractivity (Wildman–Crippen MR) is 62.7 cm³/mol. The summed E-state index contributed by atoms with van der Waals surface area (Å²) < 4.78 is 0. The van der Waals surface area contributed by atoms with Gasteiger partial charge in [-0.15, -0.1) is 0 Å². The number of amides is 1. The molecule has 4 heteroatoms. The third kappa shape index (κ3) is 3.21. The van der Waals surface area contributed by atoms with Crippen molar-refractivity contribution in [1.82, 2.24) is 10.2 Å². The molecule has 1 aliphatic rings. The van der Waals surface area contributed by atoms with Crippen LogP contribution in [0.1, 0.15) is 33.1 Å². The lowest BCUT2D eigenvalue weighted by atomic mass is 10.0. The molecule has 1 amide bonds. The maximum absolute atomic E-state index is 11.8. The third-order valence-corrected chi connectivity index (χ3v) is 3.42. The number of carbonyl (C=O) groups excluding carboxylic acids is 1. The molecule has 1 N–H and O–H groups in total. The molecule has 0 heterocycles. The van der Waals surface area contributed by atoms with Crippen LogP contribution in [0, 0.1) is 16.7 Å². The van der Waals surface area contributed by atoms with Gasteiger partial charge in [0.1, 0.15) is 0 Å². The lowest BCUT2D eigenvalue weighted by molar-refractivity contribution is -0.131. The molecule has 0 aromatic carbocycles. The Kier molecular flexibility index (Phi) is 4.31. The number of nitrogens with zero attached hydrogens (tertiary/aromatic N) is 2. The molecule has 0 aromatic rings. The van der Waals surface area contributed by atoms with Crippen molar-refractivity contribution in [3.8, 4) is 6.07 Å². The monoisotopic (exact) mass is 223 g/mol. The molecule has 1 fully saturated rings. The van der Waals surface area contributed by atoms with E-state index in [1.54, 1.807) is 4.90 Å². The van der Waals surface area contributed by atoms with E-state index in [0.717, 1.165) is 25.9 Å². The first kappa shape index (κ1) is 13.0. The second kappa shape index (κ2) is 5.31. The summed E-state index contributed by atoms with van der Waals surface area (Å²) in [5, 5.41) is 11.9. The van der Waals surface area contributed by atoms with Crippen molar-refractivity contribution < 1.29 is 4.79 Å². The van der Waals surface area contributed by atoms with E-state index in [-0.39, 0.29) is 17.4 Å². The lowest BCUT2D eigenvalue weighted by Crippen LogP contribution is -2.44. The normalized spacial score (nSPS) is 18.6. The van der Waals surface area contributed by atoms with Crippen molar-refractivity contribution in [3.63, 3.8) is 0 Å². The van der Waals surface area contributed by atoms with Crippen LogP contribution < -0.4 is 5.32 Å². The van der Waals surface area contributed by atoms with Crippen LogP contribution >= 0.6 is 0 Å². The van der Waals surface area contributed by atoms with Crippen molar-refractivity contribution in [2.75, 3.05) is 20.1 Å². The third-order valence-electron chi connectivity index (χ3n) is 3.42. The molecule has 1 unspecified atom stereocenters. The number of hydrogen-bond donors (Lipinski definition) is 1. The Morgan fingerprint density at radius 2 is 2.25 bits per heavy atom. The van der Waals surface area contributed by atoms with Crippen LogP contribution in [0.15, 0.2) is 0 Å². The molecule has 1 rings (SSSR count). The molecular formula is C12H21N3O. The smallest absolute Gasteiger partial charge is 0.239 e. The highest BCUT2D eigenvalue weighted by atomic mass is 16.2. The van der Waals surface area contributed by atoms with Gasteiger partial charge in [-0.2, -0.15) is 5.26 Å². The molecule has 4 nitrogen and oxygen atoms in total. The number of rotatable bonds is 6. The van der Waals surface area contributed by atoms with Crippen LogP contribution in [-0.2, 0) is 4.79 Å². The van der Waals surface area contributed by atoms with Crippen LogP contribution in [0.2, 0.25) is 0 Å². The van der Waals surface area contributed by atoms with Gasteiger partial charge in [0.25, 0.3) is 0 Å². The molecule has 0 aromatic heterocycles. The van der Waals surface area contributed by atoms with E-state index in [1.807, 2.05) is 20.9 Å². The quantitative estimate of drug-likeness (QED) is 0.734. The van der Waals surface area contributed by atoms with Gasteiger partial charge in [0.15, 0.2) is 0 Å². The number of hydrogen-bond acceptors (Lipinski definition) is 3. The Morgan fingerprint density at radius 1 is 1.62 bits per heavy atom. The molecule has 0 spiro atoms. The minimum absolute atomic E-state index is 0.121. The summed E-state index contributed by atoms with van der Waals surface area (Å²) >= 11 is 0. The average Bonchev–Trinajstić information content (AvgIpc) is 3.05. The average molecular weight is 223 g/mol. The number of nitrogens with one attached hydrogen (secondary N) is 1. The minimum atomic E-state index is -0.152. The van der Waals surface area contributed by atoms with Gasteiger partial charge in [0, 0.05) is 26.6 Å². The summed E-state index contributed by atoms with van der Waals surface area (Å²) in [6, 6.07) is 2.07. The second-order valence-corrected chi connectivity index (χ2v) is 4.79. The highest BCUT2D eigenvalue weighted by Crippen LogP contribution is 2.47. The first-order valence-electron chi connectivity index (χ1n) is 5.90. The van der Waals surface area contributed by atoms with Crippen LogP contribution in [-0.4, -0.2) is 37.0 Å². The molecule has 0 bridgehead atoms. The molecule has 0 aliphatic heterocycles. The van der Waals surface area contributed by atoms with Crippen molar-refractivity contribution >= 4 is 5.91 Å². The van der Waals surface area contributed by atoms with Crippen LogP contribution in [0.25, 0.3) is 0 Å². The van der Waals surface area contributed by atoms with E-state index >= 15 is 0 Å². The summed E-state index contributed by atoms with van der Waals surface area (Å²) in [6.07, 6.45) is 2.82. The summed E-state index contributed by atoms with van der Waals surface area (Å²) in [5.41, 5.74) is 0.161. The molecule has 1 saturated carbocycles. The van der Waals surface area contributed by atoms with Gasteiger partial charge >= 0.3 is 0 Å². The van der Waals surface area contributed by atoms with Crippen molar-refractivity contribution in [1.29, 1.82) is 5.26 Å². The van der Waals surface area contributed by atoms with Gasteiger partial charge in [-0.3, -0.25) is 4.79 Å². The van der Waals surface area contributed by atoms with Gasteiger partial charge < -0.3 is 10.2 Å². The summed E-state index contributed by atoms with van der Waals surface area (Å²) in [6.45, 7) is 5.36. The zero-order valence-electron chi connectivity index (χ0n) is 10.4. The first-order valence-corrected chi connectivity index (χ1v) is 5.90. The highest BCUT2D eigenvalue weighted by Gasteiger charge is 2.42. The zero-order valence-corrected chi connectivity index (χ0v) is 10.4. The fourth-order valence-electron chi connectivity index (χ4n) is 1.70. The zero-order chi connectivity index (χ0) is 12.2. The van der Waals surface area contributed by atoms with Crippen LogP contribution in [0.3, 0.4) is 0 Å². The van der Waals surface area contributed by atoms with Gasteiger partial charge in [-0.05, 0) is 32.1 Å².